The highest BCUT2D eigenvalue weighted by Crippen LogP contribution is 2.28. The molecule has 1 aliphatic rings. The van der Waals surface area contributed by atoms with Crippen LogP contribution in [0.4, 0.5) is 0 Å². The highest BCUT2D eigenvalue weighted by atomic mass is 32.2. The van der Waals surface area contributed by atoms with Gasteiger partial charge < -0.3 is 5.73 Å². The Kier molecular flexibility index (Phi) is 3.28. The van der Waals surface area contributed by atoms with Gasteiger partial charge in [-0.25, -0.2) is 4.72 Å². The van der Waals surface area contributed by atoms with Crippen molar-refractivity contribution >= 4 is 10.2 Å². The Morgan fingerprint density at radius 3 is 2.31 bits per heavy atom. The van der Waals surface area contributed by atoms with E-state index >= 15 is 0 Å². The van der Waals surface area contributed by atoms with Crippen molar-refractivity contribution in [3.63, 3.8) is 0 Å². The molecule has 0 spiro atoms. The number of nitrogens with two attached hydrogens (primary N) is 1. The third-order valence-electron chi connectivity index (χ3n) is 2.57. The zero-order valence-corrected chi connectivity index (χ0v) is 8.65. The summed E-state index contributed by atoms with van der Waals surface area (Å²) < 4.78 is 27.3. The van der Waals surface area contributed by atoms with Crippen LogP contribution >= 0.6 is 0 Å². The van der Waals surface area contributed by atoms with Gasteiger partial charge in [0.05, 0.1) is 0 Å². The molecule has 0 radical (unpaired) electrons. The molecule has 0 heterocycles. The van der Waals surface area contributed by atoms with E-state index in [1.807, 2.05) is 0 Å². The summed E-state index contributed by atoms with van der Waals surface area (Å²) in [7, 11) is -1.96. The number of hydrogen-bond donors (Lipinski definition) is 3. The van der Waals surface area contributed by atoms with Crippen molar-refractivity contribution in [2.24, 2.45) is 5.73 Å². The molecule has 6 heteroatoms. The summed E-state index contributed by atoms with van der Waals surface area (Å²) in [5.41, 5.74) is 5.18. The van der Waals surface area contributed by atoms with Crippen molar-refractivity contribution in [2.45, 2.75) is 31.2 Å². The third kappa shape index (κ3) is 2.63. The maximum absolute atomic E-state index is 11.2. The molecule has 0 aromatic heterocycles. The molecule has 1 rings (SSSR count). The largest absolute Gasteiger partial charge is 0.329 e. The monoisotopic (exact) mass is 207 g/mol. The molecular formula is C7H17N3O2S. The zero-order chi connectivity index (χ0) is 9.95. The van der Waals surface area contributed by atoms with Crippen LogP contribution in [0.1, 0.15) is 25.7 Å². The number of rotatable bonds is 4. The maximum atomic E-state index is 11.2. The van der Waals surface area contributed by atoms with Crippen LogP contribution in [0.3, 0.4) is 0 Å². The van der Waals surface area contributed by atoms with E-state index < -0.39 is 15.7 Å². The molecule has 0 aliphatic heterocycles. The normalized spacial score (nSPS) is 22.0. The van der Waals surface area contributed by atoms with Crippen LogP contribution in [0.15, 0.2) is 0 Å². The first-order valence-corrected chi connectivity index (χ1v) is 5.94. The predicted octanol–water partition coefficient (Wildman–Crippen LogP) is -0.688. The second-order valence-electron chi connectivity index (χ2n) is 3.50. The first-order valence-electron chi connectivity index (χ1n) is 4.46. The van der Waals surface area contributed by atoms with Crippen molar-refractivity contribution in [2.75, 3.05) is 13.6 Å². The lowest BCUT2D eigenvalue weighted by Gasteiger charge is -2.27. The summed E-state index contributed by atoms with van der Waals surface area (Å²) >= 11 is 0. The molecule has 0 saturated heterocycles. The van der Waals surface area contributed by atoms with Crippen LogP contribution < -0.4 is 15.2 Å². The van der Waals surface area contributed by atoms with Crippen LogP contribution in [-0.2, 0) is 10.2 Å². The van der Waals surface area contributed by atoms with Crippen LogP contribution in [0, 0.1) is 0 Å². The van der Waals surface area contributed by atoms with E-state index in [4.69, 9.17) is 5.73 Å². The molecular weight excluding hydrogens is 190 g/mol. The molecule has 0 amide bonds. The molecule has 0 unspecified atom stereocenters. The molecule has 0 bridgehead atoms. The van der Waals surface area contributed by atoms with E-state index in [1.165, 1.54) is 7.05 Å². The minimum atomic E-state index is -3.35. The molecule has 13 heavy (non-hydrogen) atoms. The average Bonchev–Trinajstić information content (AvgIpc) is 2.53. The third-order valence-corrected chi connectivity index (χ3v) is 3.81. The second kappa shape index (κ2) is 3.91. The Morgan fingerprint density at radius 2 is 1.92 bits per heavy atom. The average molecular weight is 207 g/mol. The fourth-order valence-electron chi connectivity index (χ4n) is 1.74. The van der Waals surface area contributed by atoms with Crippen LogP contribution in [-0.4, -0.2) is 27.5 Å². The van der Waals surface area contributed by atoms with Gasteiger partial charge in [0, 0.05) is 19.1 Å². The van der Waals surface area contributed by atoms with E-state index in [0.717, 1.165) is 25.7 Å². The quantitative estimate of drug-likeness (QED) is 0.570. The van der Waals surface area contributed by atoms with Gasteiger partial charge in [-0.05, 0) is 12.8 Å². The molecule has 0 aromatic carbocycles. The first kappa shape index (κ1) is 10.9. The second-order valence-corrected chi connectivity index (χ2v) is 5.12. The lowest BCUT2D eigenvalue weighted by molar-refractivity contribution is 0.397. The maximum Gasteiger partial charge on any atom is 0.277 e. The molecule has 1 saturated carbocycles. The minimum absolute atomic E-state index is 0.369. The molecule has 5 nitrogen and oxygen atoms in total. The first-order chi connectivity index (χ1) is 6.04. The van der Waals surface area contributed by atoms with Gasteiger partial charge in [-0.15, -0.1) is 0 Å². The highest BCUT2D eigenvalue weighted by molar-refractivity contribution is 7.87. The summed E-state index contributed by atoms with van der Waals surface area (Å²) in [5.74, 6) is 0. The van der Waals surface area contributed by atoms with Crippen LogP contribution in [0.2, 0.25) is 0 Å². The standard InChI is InChI=1S/C7H17N3O2S/c1-9-13(11,12)10-7(6-8)4-2-3-5-7/h9-10H,2-6,8H2,1H3. The minimum Gasteiger partial charge on any atom is -0.329 e. The van der Waals surface area contributed by atoms with E-state index in [0.29, 0.717) is 6.54 Å². The zero-order valence-electron chi connectivity index (χ0n) is 7.84. The van der Waals surface area contributed by atoms with Gasteiger partial charge >= 0.3 is 0 Å². The van der Waals surface area contributed by atoms with Gasteiger partial charge in [0.25, 0.3) is 10.2 Å². The summed E-state index contributed by atoms with van der Waals surface area (Å²) in [6.45, 7) is 0.369. The van der Waals surface area contributed by atoms with Crippen molar-refractivity contribution in [3.05, 3.63) is 0 Å². The Labute approximate surface area is 79.3 Å². The Morgan fingerprint density at radius 1 is 1.38 bits per heavy atom. The fraction of sp³-hybridized carbons (Fsp3) is 1.00. The Balaban J connectivity index is 2.69. The molecule has 0 aromatic rings. The lowest BCUT2D eigenvalue weighted by atomic mass is 10.0. The van der Waals surface area contributed by atoms with Crippen LogP contribution in [0.25, 0.3) is 0 Å². The van der Waals surface area contributed by atoms with Gasteiger partial charge in [-0.3, -0.25) is 0 Å². The molecule has 1 fully saturated rings. The highest BCUT2D eigenvalue weighted by Gasteiger charge is 2.35. The Bertz CT molecular complexity index is 257. The SMILES string of the molecule is CNS(=O)(=O)NC1(CN)CCCC1. The van der Waals surface area contributed by atoms with Gasteiger partial charge in [0.15, 0.2) is 0 Å². The number of hydrogen-bond acceptors (Lipinski definition) is 3. The smallest absolute Gasteiger partial charge is 0.277 e. The van der Waals surface area contributed by atoms with Gasteiger partial charge in [0.2, 0.25) is 0 Å². The molecule has 1 aliphatic carbocycles. The molecule has 0 atom stereocenters. The summed E-state index contributed by atoms with van der Waals surface area (Å²) in [4.78, 5) is 0. The summed E-state index contributed by atoms with van der Waals surface area (Å²) in [5, 5.41) is 0. The van der Waals surface area contributed by atoms with E-state index in [1.54, 1.807) is 0 Å². The van der Waals surface area contributed by atoms with Crippen molar-refractivity contribution in [3.8, 4) is 0 Å². The summed E-state index contributed by atoms with van der Waals surface area (Å²) in [6.07, 6.45) is 3.77. The van der Waals surface area contributed by atoms with E-state index in [9.17, 15) is 8.42 Å². The van der Waals surface area contributed by atoms with E-state index in [-0.39, 0.29) is 0 Å². The van der Waals surface area contributed by atoms with Gasteiger partial charge in [0.1, 0.15) is 0 Å². The predicted molar refractivity (Wildman–Crippen MR) is 51.4 cm³/mol. The van der Waals surface area contributed by atoms with Crippen LogP contribution in [0.5, 0.6) is 0 Å². The van der Waals surface area contributed by atoms with Gasteiger partial charge in [-0.2, -0.15) is 13.1 Å². The fourth-order valence-corrected chi connectivity index (χ4v) is 2.70. The number of nitrogens with one attached hydrogen (secondary N) is 2. The van der Waals surface area contributed by atoms with Crippen molar-refractivity contribution in [1.29, 1.82) is 0 Å². The van der Waals surface area contributed by atoms with Crippen molar-refractivity contribution in [1.82, 2.24) is 9.44 Å². The van der Waals surface area contributed by atoms with E-state index in [2.05, 4.69) is 9.44 Å². The Hall–Kier alpha value is -0.170. The van der Waals surface area contributed by atoms with Crippen molar-refractivity contribution < 1.29 is 8.42 Å². The summed E-state index contributed by atoms with van der Waals surface area (Å²) in [6, 6.07) is 0. The van der Waals surface area contributed by atoms with Gasteiger partial charge in [-0.1, -0.05) is 12.8 Å². The molecule has 4 N–H and O–H groups in total. The topological polar surface area (TPSA) is 84.2 Å². The molecule has 78 valence electrons. The lowest BCUT2D eigenvalue weighted by Crippen LogP contribution is -2.54.